The van der Waals surface area contributed by atoms with Gasteiger partial charge in [0.25, 0.3) is 0 Å². The molecule has 16 heavy (non-hydrogen) atoms. The smallest absolute Gasteiger partial charge is 0.338 e. The first-order valence-electron chi connectivity index (χ1n) is 6.29. The molecule has 4 atom stereocenters. The van der Waals surface area contributed by atoms with Crippen molar-refractivity contribution in [3.63, 3.8) is 0 Å². The summed E-state index contributed by atoms with van der Waals surface area (Å²) in [7, 11) is 0. The van der Waals surface area contributed by atoms with E-state index in [0.717, 1.165) is 19.3 Å². The molecule has 0 aliphatic heterocycles. The van der Waals surface area contributed by atoms with Gasteiger partial charge >= 0.3 is 5.97 Å². The lowest BCUT2D eigenvalue weighted by atomic mass is 9.68. The predicted octanol–water partition coefficient (Wildman–Crippen LogP) is 2.37. The van der Waals surface area contributed by atoms with Crippen LogP contribution in [0, 0.1) is 17.8 Å². The van der Waals surface area contributed by atoms with E-state index in [1.54, 1.807) is 13.8 Å². The van der Waals surface area contributed by atoms with E-state index in [2.05, 4.69) is 13.8 Å². The van der Waals surface area contributed by atoms with E-state index in [4.69, 9.17) is 4.74 Å². The largest absolute Gasteiger partial charge is 0.464 e. The summed E-state index contributed by atoms with van der Waals surface area (Å²) in [5, 5.41) is 10.3. The molecule has 0 saturated heterocycles. The van der Waals surface area contributed by atoms with Crippen molar-refractivity contribution in [2.24, 2.45) is 17.8 Å². The monoisotopic (exact) mass is 228 g/mol. The molecular weight excluding hydrogens is 204 g/mol. The molecule has 1 fully saturated rings. The van der Waals surface area contributed by atoms with Crippen molar-refractivity contribution >= 4 is 5.97 Å². The lowest BCUT2D eigenvalue weighted by Crippen LogP contribution is -2.48. The minimum Gasteiger partial charge on any atom is -0.464 e. The fraction of sp³-hybridized carbons (Fsp3) is 0.923. The second-order valence-corrected chi connectivity index (χ2v) is 5.37. The maximum Gasteiger partial charge on any atom is 0.338 e. The van der Waals surface area contributed by atoms with Gasteiger partial charge < -0.3 is 9.84 Å². The molecule has 0 bridgehead atoms. The molecule has 1 rings (SSSR count). The molecule has 3 heteroatoms. The van der Waals surface area contributed by atoms with Gasteiger partial charge in [-0.05, 0) is 38.5 Å². The van der Waals surface area contributed by atoms with Crippen molar-refractivity contribution in [3.8, 4) is 0 Å². The van der Waals surface area contributed by atoms with Gasteiger partial charge in [-0.25, -0.2) is 4.79 Å². The topological polar surface area (TPSA) is 46.5 Å². The van der Waals surface area contributed by atoms with Crippen molar-refractivity contribution in [2.75, 3.05) is 6.61 Å². The second-order valence-electron chi connectivity index (χ2n) is 5.37. The van der Waals surface area contributed by atoms with Gasteiger partial charge in [-0.2, -0.15) is 0 Å². The summed E-state index contributed by atoms with van der Waals surface area (Å²) in [5.41, 5.74) is -1.32. The number of ether oxygens (including phenoxy) is 1. The van der Waals surface area contributed by atoms with E-state index in [0.29, 0.717) is 18.4 Å². The molecule has 1 saturated carbocycles. The average Bonchev–Trinajstić information content (AvgIpc) is 2.17. The second kappa shape index (κ2) is 5.17. The Morgan fingerprint density at radius 1 is 1.44 bits per heavy atom. The summed E-state index contributed by atoms with van der Waals surface area (Å²) in [4.78, 5) is 11.7. The zero-order valence-electron chi connectivity index (χ0n) is 10.8. The maximum absolute atomic E-state index is 11.7. The van der Waals surface area contributed by atoms with Crippen molar-refractivity contribution in [2.45, 2.75) is 52.6 Å². The van der Waals surface area contributed by atoms with Crippen LogP contribution in [0.3, 0.4) is 0 Å². The average molecular weight is 228 g/mol. The summed E-state index contributed by atoms with van der Waals surface area (Å²) < 4.78 is 4.95. The standard InChI is InChI=1S/C13H24O3/c1-5-16-12(14)13(4,15)11-7-6-9(2)8-10(11)3/h9-11,15H,5-8H2,1-4H3. The Hall–Kier alpha value is -0.570. The number of hydrogen-bond acceptors (Lipinski definition) is 3. The Morgan fingerprint density at radius 2 is 2.06 bits per heavy atom. The van der Waals surface area contributed by atoms with E-state index >= 15 is 0 Å². The number of aliphatic hydroxyl groups is 1. The van der Waals surface area contributed by atoms with Crippen LogP contribution in [0.2, 0.25) is 0 Å². The van der Waals surface area contributed by atoms with Crippen LogP contribution in [0.4, 0.5) is 0 Å². The minimum atomic E-state index is -1.32. The number of carbonyl (C=O) groups excluding carboxylic acids is 1. The molecule has 1 N–H and O–H groups in total. The Morgan fingerprint density at radius 3 is 2.56 bits per heavy atom. The van der Waals surface area contributed by atoms with Crippen LogP contribution in [0.1, 0.15) is 47.0 Å². The minimum absolute atomic E-state index is 0.0303. The van der Waals surface area contributed by atoms with Gasteiger partial charge in [0, 0.05) is 5.92 Å². The van der Waals surface area contributed by atoms with Crippen LogP contribution in [0.15, 0.2) is 0 Å². The molecule has 0 aromatic rings. The highest BCUT2D eigenvalue weighted by Crippen LogP contribution is 2.40. The Bertz CT molecular complexity index is 248. The van der Waals surface area contributed by atoms with Gasteiger partial charge in [0.2, 0.25) is 0 Å². The third-order valence-corrected chi connectivity index (χ3v) is 3.84. The first kappa shape index (κ1) is 13.5. The van der Waals surface area contributed by atoms with Crippen molar-refractivity contribution < 1.29 is 14.6 Å². The van der Waals surface area contributed by atoms with E-state index in [1.165, 1.54) is 0 Å². The molecule has 0 heterocycles. The van der Waals surface area contributed by atoms with E-state index in [-0.39, 0.29) is 5.92 Å². The van der Waals surface area contributed by atoms with Gasteiger partial charge in [0.05, 0.1) is 6.61 Å². The van der Waals surface area contributed by atoms with E-state index < -0.39 is 11.6 Å². The molecule has 4 unspecified atom stereocenters. The van der Waals surface area contributed by atoms with Crippen LogP contribution >= 0.6 is 0 Å². The molecule has 0 aromatic heterocycles. The van der Waals surface area contributed by atoms with Gasteiger partial charge in [0.15, 0.2) is 5.60 Å². The van der Waals surface area contributed by atoms with Gasteiger partial charge in [-0.3, -0.25) is 0 Å². The zero-order valence-corrected chi connectivity index (χ0v) is 10.8. The highest BCUT2D eigenvalue weighted by atomic mass is 16.5. The predicted molar refractivity (Wildman–Crippen MR) is 62.9 cm³/mol. The first-order valence-corrected chi connectivity index (χ1v) is 6.29. The number of carbonyl (C=O) groups is 1. The van der Waals surface area contributed by atoms with E-state index in [9.17, 15) is 9.90 Å². The SMILES string of the molecule is CCOC(=O)C(C)(O)C1CCC(C)CC1C. The first-order chi connectivity index (χ1) is 7.39. The number of esters is 1. The normalized spacial score (nSPS) is 34.2. The van der Waals surface area contributed by atoms with Crippen LogP contribution in [-0.2, 0) is 9.53 Å². The summed E-state index contributed by atoms with van der Waals surface area (Å²) in [6, 6.07) is 0. The zero-order chi connectivity index (χ0) is 12.3. The Balaban J connectivity index is 2.71. The lowest BCUT2D eigenvalue weighted by molar-refractivity contribution is -0.173. The summed E-state index contributed by atoms with van der Waals surface area (Å²) in [6.07, 6.45) is 3.08. The fourth-order valence-corrected chi connectivity index (χ4v) is 2.93. The highest BCUT2D eigenvalue weighted by molar-refractivity contribution is 5.79. The van der Waals surface area contributed by atoms with Crippen LogP contribution < -0.4 is 0 Å². The van der Waals surface area contributed by atoms with Crippen molar-refractivity contribution in [1.82, 2.24) is 0 Å². The van der Waals surface area contributed by atoms with Gasteiger partial charge in [-0.1, -0.05) is 20.3 Å². The molecule has 1 aliphatic rings. The van der Waals surface area contributed by atoms with E-state index in [1.807, 2.05) is 0 Å². The highest BCUT2D eigenvalue weighted by Gasteiger charge is 2.44. The summed E-state index contributed by atoms with van der Waals surface area (Å²) in [6.45, 7) is 8.04. The molecule has 0 spiro atoms. The molecule has 0 amide bonds. The third-order valence-electron chi connectivity index (χ3n) is 3.84. The fourth-order valence-electron chi connectivity index (χ4n) is 2.93. The van der Waals surface area contributed by atoms with Crippen molar-refractivity contribution in [1.29, 1.82) is 0 Å². The summed E-state index contributed by atoms with van der Waals surface area (Å²) >= 11 is 0. The molecule has 3 nitrogen and oxygen atoms in total. The van der Waals surface area contributed by atoms with Gasteiger partial charge in [0.1, 0.15) is 0 Å². The van der Waals surface area contributed by atoms with Crippen LogP contribution in [-0.4, -0.2) is 23.3 Å². The Labute approximate surface area is 98.2 Å². The maximum atomic E-state index is 11.7. The number of rotatable bonds is 3. The number of hydrogen-bond donors (Lipinski definition) is 1. The molecule has 1 aliphatic carbocycles. The quantitative estimate of drug-likeness (QED) is 0.754. The van der Waals surface area contributed by atoms with Gasteiger partial charge in [-0.15, -0.1) is 0 Å². The molecule has 0 radical (unpaired) electrons. The lowest BCUT2D eigenvalue weighted by Gasteiger charge is -2.40. The van der Waals surface area contributed by atoms with Crippen LogP contribution in [0.5, 0.6) is 0 Å². The third kappa shape index (κ3) is 2.76. The molecule has 0 aromatic carbocycles. The summed E-state index contributed by atoms with van der Waals surface area (Å²) in [5.74, 6) is 0.636. The van der Waals surface area contributed by atoms with Crippen molar-refractivity contribution in [3.05, 3.63) is 0 Å². The van der Waals surface area contributed by atoms with Crippen LogP contribution in [0.25, 0.3) is 0 Å². The molecule has 94 valence electrons. The Kier molecular flexibility index (Phi) is 4.36. The molecular formula is C13H24O3.